The Bertz CT molecular complexity index is 474. The van der Waals surface area contributed by atoms with E-state index in [0.717, 1.165) is 16.7 Å². The molecule has 1 fully saturated rings. The lowest BCUT2D eigenvalue weighted by molar-refractivity contribution is -0.140. The van der Waals surface area contributed by atoms with E-state index in [9.17, 15) is 13.2 Å². The highest BCUT2D eigenvalue weighted by Crippen LogP contribution is 2.30. The fourth-order valence-corrected chi connectivity index (χ4v) is 2.51. The van der Waals surface area contributed by atoms with Crippen molar-refractivity contribution in [1.29, 1.82) is 0 Å². The van der Waals surface area contributed by atoms with Gasteiger partial charge in [-0.15, -0.1) is 35.3 Å². The SMILES string of the molecule is I.NC(=NCCc1nc(C(F)(F)F)cs1)N1CCOCC1. The van der Waals surface area contributed by atoms with Crippen LogP contribution >= 0.6 is 35.3 Å². The molecule has 0 aliphatic carbocycles. The van der Waals surface area contributed by atoms with E-state index in [1.165, 1.54) is 0 Å². The molecule has 1 aromatic heterocycles. The molecule has 2 rings (SSSR count). The van der Waals surface area contributed by atoms with Gasteiger partial charge in [0.25, 0.3) is 0 Å². The summed E-state index contributed by atoms with van der Waals surface area (Å²) in [6.07, 6.45) is -4.03. The topological polar surface area (TPSA) is 63.7 Å². The molecule has 1 aliphatic rings. The maximum Gasteiger partial charge on any atom is 0.434 e. The number of hydrogen-bond donors (Lipinski definition) is 1. The van der Waals surface area contributed by atoms with Crippen LogP contribution in [0.4, 0.5) is 13.2 Å². The van der Waals surface area contributed by atoms with E-state index >= 15 is 0 Å². The first kappa shape index (κ1) is 18.4. The summed E-state index contributed by atoms with van der Waals surface area (Å²) in [6.45, 7) is 2.92. The second-order valence-corrected chi connectivity index (χ2v) is 5.16. The standard InChI is InChI=1S/C11H15F3N4OS.HI/c12-11(13,14)8-7-20-9(17-8)1-2-16-10(15)18-3-5-19-6-4-18;/h7H,1-6H2,(H2,15,16);1H. The predicted molar refractivity (Wildman–Crippen MR) is 85.1 cm³/mol. The summed E-state index contributed by atoms with van der Waals surface area (Å²) in [5, 5.41) is 1.43. The van der Waals surface area contributed by atoms with E-state index in [2.05, 4.69) is 9.98 Å². The lowest BCUT2D eigenvalue weighted by Crippen LogP contribution is -2.44. The molecular formula is C11H16F3IN4OS. The van der Waals surface area contributed by atoms with Crippen LogP contribution in [0.1, 0.15) is 10.7 Å². The molecule has 0 aromatic carbocycles. The Morgan fingerprint density at radius 3 is 2.67 bits per heavy atom. The number of nitrogens with two attached hydrogens (primary N) is 1. The maximum absolute atomic E-state index is 12.4. The molecule has 0 spiro atoms. The first-order valence-corrected chi connectivity index (χ1v) is 6.99. The van der Waals surface area contributed by atoms with Crippen LogP contribution in [0.25, 0.3) is 0 Å². The number of rotatable bonds is 3. The average Bonchev–Trinajstić information content (AvgIpc) is 2.88. The Balaban J connectivity index is 0.00000220. The third-order valence-corrected chi connectivity index (χ3v) is 3.69. The Labute approximate surface area is 141 Å². The van der Waals surface area contributed by atoms with Gasteiger partial charge < -0.3 is 15.4 Å². The quantitative estimate of drug-likeness (QED) is 0.447. The molecule has 1 aromatic rings. The van der Waals surface area contributed by atoms with Gasteiger partial charge in [0.15, 0.2) is 11.7 Å². The van der Waals surface area contributed by atoms with Gasteiger partial charge in [0.2, 0.25) is 0 Å². The molecule has 1 saturated heterocycles. The van der Waals surface area contributed by atoms with Crippen LogP contribution in [-0.4, -0.2) is 48.7 Å². The second-order valence-electron chi connectivity index (χ2n) is 4.21. The summed E-state index contributed by atoms with van der Waals surface area (Å²) in [4.78, 5) is 9.60. The normalized spacial score (nSPS) is 16.7. The van der Waals surface area contributed by atoms with Crippen molar-refractivity contribution >= 4 is 41.3 Å². The lowest BCUT2D eigenvalue weighted by atomic mass is 10.4. The van der Waals surface area contributed by atoms with Crippen molar-refractivity contribution in [2.45, 2.75) is 12.6 Å². The number of halogens is 4. The zero-order valence-electron chi connectivity index (χ0n) is 11.1. The summed E-state index contributed by atoms with van der Waals surface area (Å²) in [6, 6.07) is 0. The number of aromatic nitrogens is 1. The number of hydrogen-bond acceptors (Lipinski definition) is 4. The molecule has 10 heteroatoms. The number of alkyl halides is 3. The van der Waals surface area contributed by atoms with Gasteiger partial charge in [0.05, 0.1) is 18.2 Å². The first-order valence-electron chi connectivity index (χ1n) is 6.11. The van der Waals surface area contributed by atoms with Crippen LogP contribution in [-0.2, 0) is 17.3 Å². The van der Waals surface area contributed by atoms with Crippen molar-refractivity contribution in [2.75, 3.05) is 32.8 Å². The van der Waals surface area contributed by atoms with Crippen molar-refractivity contribution in [3.63, 3.8) is 0 Å². The average molecular weight is 436 g/mol. The third kappa shape index (κ3) is 5.58. The molecule has 120 valence electrons. The number of thiazole rings is 1. The van der Waals surface area contributed by atoms with Gasteiger partial charge in [-0.05, 0) is 0 Å². The van der Waals surface area contributed by atoms with Crippen LogP contribution in [0.3, 0.4) is 0 Å². The summed E-state index contributed by atoms with van der Waals surface area (Å²) in [7, 11) is 0. The van der Waals surface area contributed by atoms with Gasteiger partial charge >= 0.3 is 6.18 Å². The molecular weight excluding hydrogens is 420 g/mol. The van der Waals surface area contributed by atoms with Crippen molar-refractivity contribution in [3.8, 4) is 0 Å². The largest absolute Gasteiger partial charge is 0.434 e. The minimum atomic E-state index is -4.38. The van der Waals surface area contributed by atoms with Crippen LogP contribution in [0.15, 0.2) is 10.4 Å². The summed E-state index contributed by atoms with van der Waals surface area (Å²) in [5.41, 5.74) is 4.97. The highest BCUT2D eigenvalue weighted by atomic mass is 127. The van der Waals surface area contributed by atoms with E-state index < -0.39 is 11.9 Å². The molecule has 1 aliphatic heterocycles. The molecule has 0 atom stereocenters. The molecule has 0 radical (unpaired) electrons. The van der Waals surface area contributed by atoms with Crippen LogP contribution in [0.2, 0.25) is 0 Å². The zero-order valence-corrected chi connectivity index (χ0v) is 14.2. The van der Waals surface area contributed by atoms with E-state index in [0.29, 0.717) is 50.2 Å². The molecule has 0 bridgehead atoms. The number of morpholine rings is 1. The number of ether oxygens (including phenoxy) is 1. The van der Waals surface area contributed by atoms with Gasteiger partial charge in [-0.1, -0.05) is 0 Å². The van der Waals surface area contributed by atoms with Crippen molar-refractivity contribution < 1.29 is 17.9 Å². The van der Waals surface area contributed by atoms with Crippen LogP contribution in [0.5, 0.6) is 0 Å². The fraction of sp³-hybridized carbons (Fsp3) is 0.636. The Morgan fingerprint density at radius 2 is 2.10 bits per heavy atom. The summed E-state index contributed by atoms with van der Waals surface area (Å²) >= 11 is 0.989. The molecule has 2 N–H and O–H groups in total. The van der Waals surface area contributed by atoms with Gasteiger partial charge in [0, 0.05) is 31.4 Å². The van der Waals surface area contributed by atoms with E-state index in [-0.39, 0.29) is 24.0 Å². The monoisotopic (exact) mass is 436 g/mol. The smallest absolute Gasteiger partial charge is 0.378 e. The van der Waals surface area contributed by atoms with Crippen LogP contribution in [0, 0.1) is 0 Å². The van der Waals surface area contributed by atoms with Crippen LogP contribution < -0.4 is 5.73 Å². The van der Waals surface area contributed by atoms with Gasteiger partial charge in [-0.2, -0.15) is 13.2 Å². The van der Waals surface area contributed by atoms with E-state index in [1.54, 1.807) is 0 Å². The minimum absolute atomic E-state index is 0. The van der Waals surface area contributed by atoms with Crippen molar-refractivity contribution in [1.82, 2.24) is 9.88 Å². The third-order valence-electron chi connectivity index (χ3n) is 2.78. The first-order chi connectivity index (χ1) is 9.47. The highest BCUT2D eigenvalue weighted by molar-refractivity contribution is 14.0. The van der Waals surface area contributed by atoms with Gasteiger partial charge in [-0.3, -0.25) is 4.99 Å². The minimum Gasteiger partial charge on any atom is -0.378 e. The number of aliphatic imine (C=N–C) groups is 1. The van der Waals surface area contributed by atoms with E-state index in [4.69, 9.17) is 10.5 Å². The molecule has 21 heavy (non-hydrogen) atoms. The fourth-order valence-electron chi connectivity index (χ4n) is 1.71. The summed E-state index contributed by atoms with van der Waals surface area (Å²) in [5.74, 6) is 0.404. The molecule has 2 heterocycles. The van der Waals surface area contributed by atoms with Crippen molar-refractivity contribution in [2.24, 2.45) is 10.7 Å². The highest BCUT2D eigenvalue weighted by Gasteiger charge is 2.33. The summed E-state index contributed by atoms with van der Waals surface area (Å²) < 4.78 is 42.3. The Morgan fingerprint density at radius 1 is 1.43 bits per heavy atom. The van der Waals surface area contributed by atoms with E-state index in [1.807, 2.05) is 4.90 Å². The number of guanidine groups is 1. The molecule has 5 nitrogen and oxygen atoms in total. The number of nitrogens with zero attached hydrogens (tertiary/aromatic N) is 3. The Hall–Kier alpha value is -0.620. The lowest BCUT2D eigenvalue weighted by Gasteiger charge is -2.27. The van der Waals surface area contributed by atoms with Gasteiger partial charge in [0.1, 0.15) is 0 Å². The Kier molecular flexibility index (Phi) is 7.13. The predicted octanol–water partition coefficient (Wildman–Crippen LogP) is 1.97. The molecule has 0 saturated carbocycles. The second kappa shape index (κ2) is 8.13. The van der Waals surface area contributed by atoms with Gasteiger partial charge in [-0.25, -0.2) is 4.98 Å². The van der Waals surface area contributed by atoms with Crippen molar-refractivity contribution in [3.05, 3.63) is 16.1 Å². The maximum atomic E-state index is 12.4. The molecule has 0 amide bonds. The molecule has 0 unspecified atom stereocenters. The zero-order chi connectivity index (χ0) is 14.6.